The van der Waals surface area contributed by atoms with Crippen molar-refractivity contribution in [3.05, 3.63) is 59.9 Å². The second-order valence-electron chi connectivity index (χ2n) is 6.27. The maximum absolute atomic E-state index is 6.02. The number of aromatic nitrogens is 3. The van der Waals surface area contributed by atoms with Crippen molar-refractivity contribution >= 4 is 11.8 Å². The molecule has 0 bridgehead atoms. The van der Waals surface area contributed by atoms with Gasteiger partial charge in [-0.25, -0.2) is 0 Å². The van der Waals surface area contributed by atoms with E-state index in [1.165, 1.54) is 5.56 Å². The molecule has 4 rings (SSSR count). The molecule has 0 radical (unpaired) electrons. The van der Waals surface area contributed by atoms with Crippen LogP contribution in [0.5, 0.6) is 17.2 Å². The summed E-state index contributed by atoms with van der Waals surface area (Å²) in [6.45, 7) is 3.08. The number of thioether (sulfide) groups is 1. The second-order valence-corrected chi connectivity index (χ2v) is 7.34. The highest BCUT2D eigenvalue weighted by atomic mass is 32.2. The van der Waals surface area contributed by atoms with Gasteiger partial charge in [-0.15, -0.1) is 10.2 Å². The third-order valence-corrected chi connectivity index (χ3v) is 5.25. The average molecular weight is 383 g/mol. The lowest BCUT2D eigenvalue weighted by Crippen LogP contribution is -2.24. The predicted molar refractivity (Wildman–Crippen MR) is 104 cm³/mol. The van der Waals surface area contributed by atoms with Gasteiger partial charge in [0.1, 0.15) is 12.4 Å². The Morgan fingerprint density at radius 3 is 2.70 bits per heavy atom. The molecule has 0 aliphatic carbocycles. The minimum absolute atomic E-state index is 0.268. The van der Waals surface area contributed by atoms with Gasteiger partial charge in [0.2, 0.25) is 0 Å². The summed E-state index contributed by atoms with van der Waals surface area (Å²) in [5.74, 6) is 3.92. The number of rotatable bonds is 6. The first kappa shape index (κ1) is 17.7. The molecule has 6 nitrogen and oxygen atoms in total. The summed E-state index contributed by atoms with van der Waals surface area (Å²) in [7, 11) is 1.95. The Balaban J connectivity index is 1.33. The maximum Gasteiger partial charge on any atom is 0.192 e. The lowest BCUT2D eigenvalue weighted by molar-refractivity contribution is 0.0825. The van der Waals surface area contributed by atoms with Gasteiger partial charge >= 0.3 is 0 Å². The molecule has 0 saturated heterocycles. The van der Waals surface area contributed by atoms with Gasteiger partial charge in [-0.3, -0.25) is 0 Å². The number of nitrogens with zero attached hydrogens (tertiary/aromatic N) is 3. The third kappa shape index (κ3) is 4.03. The number of hydrogen-bond donors (Lipinski definition) is 0. The molecule has 1 aromatic heterocycles. The molecule has 3 aromatic rings. The number of hydrogen-bond acceptors (Lipinski definition) is 6. The molecular weight excluding hydrogens is 362 g/mol. The first-order valence-electron chi connectivity index (χ1n) is 8.81. The fraction of sp³-hybridized carbons (Fsp3) is 0.300. The van der Waals surface area contributed by atoms with Crippen LogP contribution >= 0.6 is 11.8 Å². The third-order valence-electron chi connectivity index (χ3n) is 4.27. The minimum atomic E-state index is -0.268. The van der Waals surface area contributed by atoms with Gasteiger partial charge in [0.15, 0.2) is 28.6 Å². The summed E-state index contributed by atoms with van der Waals surface area (Å²) in [5, 5.41) is 9.43. The van der Waals surface area contributed by atoms with Crippen LogP contribution in [0.3, 0.4) is 0 Å². The number of ether oxygens (including phenoxy) is 3. The van der Waals surface area contributed by atoms with Crippen molar-refractivity contribution in [3.63, 3.8) is 0 Å². The van der Waals surface area contributed by atoms with E-state index in [0.29, 0.717) is 13.2 Å². The summed E-state index contributed by atoms with van der Waals surface area (Å²) in [4.78, 5) is 0. The highest BCUT2D eigenvalue weighted by Gasteiger charge is 2.27. The Morgan fingerprint density at radius 2 is 1.89 bits per heavy atom. The average Bonchev–Trinajstić information content (AvgIpc) is 3.07. The van der Waals surface area contributed by atoms with Gasteiger partial charge in [-0.05, 0) is 31.2 Å². The van der Waals surface area contributed by atoms with Crippen LogP contribution in [0.4, 0.5) is 0 Å². The number of aryl methyl sites for hydroxylation is 1. The zero-order valence-electron chi connectivity index (χ0n) is 15.3. The molecular formula is C20H21N3O3S. The SMILES string of the molecule is Cc1ccc(OCCSc2nnc([C@@H]3COc4ccccc4O3)n2C)cc1. The van der Waals surface area contributed by atoms with Gasteiger partial charge in [0, 0.05) is 12.8 Å². The molecule has 0 unspecified atom stereocenters. The molecule has 0 amide bonds. The standard InChI is InChI=1S/C20H21N3O3S/c1-14-7-9-15(10-8-14)24-11-12-27-20-22-21-19(23(20)2)18-13-25-16-5-3-4-6-17(16)26-18/h3-10,18H,11-13H2,1-2H3/t18-/m0/s1. The molecule has 7 heteroatoms. The highest BCUT2D eigenvalue weighted by molar-refractivity contribution is 7.99. The molecule has 0 fully saturated rings. The van der Waals surface area contributed by atoms with Crippen molar-refractivity contribution in [1.29, 1.82) is 0 Å². The van der Waals surface area contributed by atoms with Crippen LogP contribution in [0.1, 0.15) is 17.5 Å². The monoisotopic (exact) mass is 383 g/mol. The number of para-hydroxylation sites is 2. The van der Waals surface area contributed by atoms with Crippen LogP contribution < -0.4 is 14.2 Å². The van der Waals surface area contributed by atoms with Crippen molar-refractivity contribution < 1.29 is 14.2 Å². The van der Waals surface area contributed by atoms with Crippen LogP contribution in [-0.4, -0.2) is 33.7 Å². The number of benzene rings is 2. The fourth-order valence-electron chi connectivity index (χ4n) is 2.81. The largest absolute Gasteiger partial charge is 0.493 e. The van der Waals surface area contributed by atoms with Crippen LogP contribution in [-0.2, 0) is 7.05 Å². The van der Waals surface area contributed by atoms with E-state index in [1.54, 1.807) is 11.8 Å². The lowest BCUT2D eigenvalue weighted by atomic mass is 10.2. The number of fused-ring (bicyclic) bond motifs is 1. The van der Waals surface area contributed by atoms with Gasteiger partial charge < -0.3 is 18.8 Å². The fourth-order valence-corrected chi connectivity index (χ4v) is 3.54. The first-order chi connectivity index (χ1) is 13.2. The summed E-state index contributed by atoms with van der Waals surface area (Å²) in [5.41, 5.74) is 1.22. The molecule has 1 atom stereocenters. The highest BCUT2D eigenvalue weighted by Crippen LogP contribution is 2.35. The molecule has 2 aromatic carbocycles. The van der Waals surface area contributed by atoms with E-state index in [1.807, 2.05) is 60.1 Å². The van der Waals surface area contributed by atoms with E-state index in [-0.39, 0.29) is 6.10 Å². The Morgan fingerprint density at radius 1 is 1.11 bits per heavy atom. The van der Waals surface area contributed by atoms with Crippen molar-refractivity contribution in [2.45, 2.75) is 18.2 Å². The molecule has 2 heterocycles. The van der Waals surface area contributed by atoms with E-state index in [2.05, 4.69) is 17.1 Å². The van der Waals surface area contributed by atoms with E-state index >= 15 is 0 Å². The van der Waals surface area contributed by atoms with Gasteiger partial charge in [0.25, 0.3) is 0 Å². The van der Waals surface area contributed by atoms with Crippen LogP contribution in [0.2, 0.25) is 0 Å². The Kier molecular flexibility index (Phi) is 5.20. The quantitative estimate of drug-likeness (QED) is 0.477. The van der Waals surface area contributed by atoms with E-state index < -0.39 is 0 Å². The van der Waals surface area contributed by atoms with Gasteiger partial charge in [-0.1, -0.05) is 41.6 Å². The maximum atomic E-state index is 6.02. The topological polar surface area (TPSA) is 58.4 Å². The van der Waals surface area contributed by atoms with Crippen LogP contribution in [0.15, 0.2) is 53.7 Å². The van der Waals surface area contributed by atoms with Crippen molar-refractivity contribution in [3.8, 4) is 17.2 Å². The van der Waals surface area contributed by atoms with Crippen LogP contribution in [0.25, 0.3) is 0 Å². The summed E-state index contributed by atoms with van der Waals surface area (Å²) in [6, 6.07) is 15.7. The van der Waals surface area contributed by atoms with Crippen molar-refractivity contribution in [2.24, 2.45) is 7.05 Å². The van der Waals surface area contributed by atoms with E-state index in [0.717, 1.165) is 34.0 Å². The summed E-state index contributed by atoms with van der Waals surface area (Å²) < 4.78 is 19.5. The molecule has 0 spiro atoms. The Bertz CT molecular complexity index is 911. The molecule has 27 heavy (non-hydrogen) atoms. The first-order valence-corrected chi connectivity index (χ1v) is 9.79. The van der Waals surface area contributed by atoms with Gasteiger partial charge in [-0.2, -0.15) is 0 Å². The van der Waals surface area contributed by atoms with Crippen LogP contribution in [0, 0.1) is 6.92 Å². The zero-order valence-corrected chi connectivity index (χ0v) is 16.1. The summed E-state index contributed by atoms with van der Waals surface area (Å²) in [6.07, 6.45) is -0.268. The van der Waals surface area contributed by atoms with E-state index in [9.17, 15) is 0 Å². The van der Waals surface area contributed by atoms with Crippen molar-refractivity contribution in [1.82, 2.24) is 14.8 Å². The molecule has 0 N–H and O–H groups in total. The van der Waals surface area contributed by atoms with Gasteiger partial charge in [0.05, 0.1) is 6.61 Å². The predicted octanol–water partition coefficient (Wildman–Crippen LogP) is 3.81. The minimum Gasteiger partial charge on any atom is -0.493 e. The molecule has 140 valence electrons. The molecule has 0 saturated carbocycles. The molecule has 1 aliphatic heterocycles. The summed E-state index contributed by atoms with van der Waals surface area (Å²) >= 11 is 1.61. The molecule has 1 aliphatic rings. The normalized spacial score (nSPS) is 15.6. The smallest absolute Gasteiger partial charge is 0.192 e. The van der Waals surface area contributed by atoms with E-state index in [4.69, 9.17) is 14.2 Å². The zero-order chi connectivity index (χ0) is 18.6. The lowest BCUT2D eigenvalue weighted by Gasteiger charge is -2.25. The Labute approximate surface area is 162 Å². The second kappa shape index (κ2) is 7.92. The Hall–Kier alpha value is -2.67. The van der Waals surface area contributed by atoms with Crippen molar-refractivity contribution in [2.75, 3.05) is 19.0 Å².